The zero-order valence-corrected chi connectivity index (χ0v) is 16.0. The maximum absolute atomic E-state index is 4.62. The molecule has 4 heteroatoms. The standard InChI is InChI=1S/C24H24N4/c1-18(21-13-7-11-20-10-5-6-12-22(20)21)27-23-15-17-26-24(28-23)25-16-14-19-8-3-2-4-9-19/h2-13,15,17-18H,14,16H2,1H3,(H2,25,26,27,28)/t18-/m0/s1. The second-order valence-corrected chi connectivity index (χ2v) is 6.86. The molecule has 0 unspecified atom stereocenters. The van der Waals surface area contributed by atoms with Gasteiger partial charge in [-0.25, -0.2) is 4.98 Å². The van der Waals surface area contributed by atoms with Crippen LogP contribution < -0.4 is 10.6 Å². The van der Waals surface area contributed by atoms with Gasteiger partial charge in [-0.2, -0.15) is 4.98 Å². The molecule has 140 valence electrons. The zero-order chi connectivity index (χ0) is 19.2. The fraction of sp³-hybridized carbons (Fsp3) is 0.167. The van der Waals surface area contributed by atoms with Crippen molar-refractivity contribution < 1.29 is 0 Å². The van der Waals surface area contributed by atoms with E-state index in [0.29, 0.717) is 5.95 Å². The molecule has 1 atom stereocenters. The predicted octanol–water partition coefficient (Wildman–Crippen LogP) is 5.46. The minimum Gasteiger partial charge on any atom is -0.363 e. The Bertz CT molecular complexity index is 1040. The maximum Gasteiger partial charge on any atom is 0.224 e. The van der Waals surface area contributed by atoms with E-state index in [2.05, 4.69) is 94.3 Å². The Balaban J connectivity index is 1.42. The summed E-state index contributed by atoms with van der Waals surface area (Å²) >= 11 is 0. The number of rotatable bonds is 7. The van der Waals surface area contributed by atoms with Crippen LogP contribution in [-0.2, 0) is 6.42 Å². The highest BCUT2D eigenvalue weighted by molar-refractivity contribution is 5.86. The summed E-state index contributed by atoms with van der Waals surface area (Å²) in [5, 5.41) is 9.34. The largest absolute Gasteiger partial charge is 0.363 e. The molecule has 1 aromatic heterocycles. The van der Waals surface area contributed by atoms with Crippen molar-refractivity contribution in [1.82, 2.24) is 9.97 Å². The first kappa shape index (κ1) is 18.0. The molecule has 1 heterocycles. The maximum atomic E-state index is 4.62. The number of hydrogen-bond donors (Lipinski definition) is 2. The van der Waals surface area contributed by atoms with Crippen molar-refractivity contribution in [1.29, 1.82) is 0 Å². The summed E-state index contributed by atoms with van der Waals surface area (Å²) in [5.41, 5.74) is 2.56. The highest BCUT2D eigenvalue weighted by Crippen LogP contribution is 2.26. The fourth-order valence-electron chi connectivity index (χ4n) is 3.42. The van der Waals surface area contributed by atoms with Gasteiger partial charge in [0.05, 0.1) is 6.04 Å². The van der Waals surface area contributed by atoms with Gasteiger partial charge in [0.2, 0.25) is 5.95 Å². The molecule has 0 radical (unpaired) electrons. The topological polar surface area (TPSA) is 49.8 Å². The van der Waals surface area contributed by atoms with Crippen molar-refractivity contribution >= 4 is 22.5 Å². The molecule has 0 amide bonds. The molecule has 0 saturated heterocycles. The first-order valence-corrected chi connectivity index (χ1v) is 9.64. The fourth-order valence-corrected chi connectivity index (χ4v) is 3.42. The van der Waals surface area contributed by atoms with Crippen molar-refractivity contribution in [3.63, 3.8) is 0 Å². The summed E-state index contributed by atoms with van der Waals surface area (Å²) in [5.74, 6) is 1.46. The second kappa shape index (κ2) is 8.53. The third kappa shape index (κ3) is 4.29. The van der Waals surface area contributed by atoms with E-state index in [1.807, 2.05) is 12.1 Å². The number of benzene rings is 3. The molecule has 0 aliphatic carbocycles. The third-order valence-electron chi connectivity index (χ3n) is 4.85. The summed E-state index contributed by atoms with van der Waals surface area (Å²) in [6.07, 6.45) is 2.73. The molecule has 0 spiro atoms. The summed E-state index contributed by atoms with van der Waals surface area (Å²) in [4.78, 5) is 8.95. The minimum atomic E-state index is 0.137. The first-order chi connectivity index (χ1) is 13.8. The second-order valence-electron chi connectivity index (χ2n) is 6.86. The number of nitrogens with one attached hydrogen (secondary N) is 2. The van der Waals surface area contributed by atoms with Gasteiger partial charge in [0.25, 0.3) is 0 Å². The predicted molar refractivity (Wildman–Crippen MR) is 117 cm³/mol. The Kier molecular flexibility index (Phi) is 5.48. The van der Waals surface area contributed by atoms with Gasteiger partial charge in [0.15, 0.2) is 0 Å². The van der Waals surface area contributed by atoms with E-state index in [1.54, 1.807) is 6.20 Å². The Labute approximate surface area is 165 Å². The Morgan fingerprint density at radius 3 is 2.54 bits per heavy atom. The average molecular weight is 368 g/mol. The van der Waals surface area contributed by atoms with Crippen LogP contribution in [0.4, 0.5) is 11.8 Å². The van der Waals surface area contributed by atoms with Crippen LogP contribution in [0.3, 0.4) is 0 Å². The summed E-state index contributed by atoms with van der Waals surface area (Å²) < 4.78 is 0. The summed E-state index contributed by atoms with van der Waals surface area (Å²) in [6, 6.07) is 27.3. The third-order valence-corrected chi connectivity index (χ3v) is 4.85. The number of anilines is 2. The van der Waals surface area contributed by atoms with E-state index in [0.717, 1.165) is 18.8 Å². The van der Waals surface area contributed by atoms with Crippen molar-refractivity contribution in [2.24, 2.45) is 0 Å². The molecule has 0 fully saturated rings. The van der Waals surface area contributed by atoms with E-state index in [-0.39, 0.29) is 6.04 Å². The van der Waals surface area contributed by atoms with Crippen molar-refractivity contribution in [2.75, 3.05) is 17.2 Å². The molecule has 0 aliphatic heterocycles. The number of hydrogen-bond acceptors (Lipinski definition) is 4. The highest BCUT2D eigenvalue weighted by atomic mass is 15.1. The van der Waals surface area contributed by atoms with Gasteiger partial charge in [0, 0.05) is 12.7 Å². The monoisotopic (exact) mass is 368 g/mol. The van der Waals surface area contributed by atoms with Crippen LogP contribution in [0.1, 0.15) is 24.1 Å². The van der Waals surface area contributed by atoms with Crippen LogP contribution in [0.15, 0.2) is 85.1 Å². The van der Waals surface area contributed by atoms with Gasteiger partial charge in [-0.1, -0.05) is 72.8 Å². The average Bonchev–Trinajstić information content (AvgIpc) is 2.74. The normalized spacial score (nSPS) is 11.9. The van der Waals surface area contributed by atoms with Gasteiger partial charge in [-0.05, 0) is 41.3 Å². The molecule has 4 nitrogen and oxygen atoms in total. The van der Waals surface area contributed by atoms with Crippen LogP contribution >= 0.6 is 0 Å². The molecule has 4 rings (SSSR count). The first-order valence-electron chi connectivity index (χ1n) is 9.64. The Hall–Kier alpha value is -3.40. The minimum absolute atomic E-state index is 0.137. The number of nitrogens with zero attached hydrogens (tertiary/aromatic N) is 2. The molecule has 0 bridgehead atoms. The smallest absolute Gasteiger partial charge is 0.224 e. The lowest BCUT2D eigenvalue weighted by molar-refractivity contribution is 0.879. The summed E-state index contributed by atoms with van der Waals surface area (Å²) in [7, 11) is 0. The van der Waals surface area contributed by atoms with Crippen LogP contribution in [0.25, 0.3) is 10.8 Å². The molecule has 0 aliphatic rings. The molecule has 4 aromatic rings. The van der Waals surface area contributed by atoms with Gasteiger partial charge < -0.3 is 10.6 Å². The lowest BCUT2D eigenvalue weighted by Crippen LogP contribution is -2.11. The lowest BCUT2D eigenvalue weighted by Gasteiger charge is -2.17. The molecule has 3 aromatic carbocycles. The highest BCUT2D eigenvalue weighted by Gasteiger charge is 2.10. The van der Waals surface area contributed by atoms with E-state index in [4.69, 9.17) is 0 Å². The zero-order valence-electron chi connectivity index (χ0n) is 16.0. The van der Waals surface area contributed by atoms with Gasteiger partial charge in [0.1, 0.15) is 5.82 Å². The van der Waals surface area contributed by atoms with Crippen LogP contribution in [0.2, 0.25) is 0 Å². The Morgan fingerprint density at radius 2 is 1.64 bits per heavy atom. The molecular formula is C24H24N4. The lowest BCUT2D eigenvalue weighted by atomic mass is 10.00. The van der Waals surface area contributed by atoms with Crippen LogP contribution in [-0.4, -0.2) is 16.5 Å². The van der Waals surface area contributed by atoms with Gasteiger partial charge in [-0.15, -0.1) is 0 Å². The Morgan fingerprint density at radius 1 is 0.857 bits per heavy atom. The molecule has 28 heavy (non-hydrogen) atoms. The van der Waals surface area contributed by atoms with Gasteiger partial charge >= 0.3 is 0 Å². The molecule has 2 N–H and O–H groups in total. The van der Waals surface area contributed by atoms with E-state index in [1.165, 1.54) is 21.9 Å². The summed E-state index contributed by atoms with van der Waals surface area (Å²) in [6.45, 7) is 2.96. The van der Waals surface area contributed by atoms with Crippen molar-refractivity contribution in [3.05, 3.63) is 96.2 Å². The quantitative estimate of drug-likeness (QED) is 0.455. The van der Waals surface area contributed by atoms with E-state index < -0.39 is 0 Å². The van der Waals surface area contributed by atoms with E-state index in [9.17, 15) is 0 Å². The van der Waals surface area contributed by atoms with Crippen LogP contribution in [0, 0.1) is 0 Å². The van der Waals surface area contributed by atoms with Crippen molar-refractivity contribution in [3.8, 4) is 0 Å². The van der Waals surface area contributed by atoms with Crippen LogP contribution in [0.5, 0.6) is 0 Å². The van der Waals surface area contributed by atoms with Gasteiger partial charge in [-0.3, -0.25) is 0 Å². The SMILES string of the molecule is C[C@H](Nc1ccnc(NCCc2ccccc2)n1)c1cccc2ccccc12. The molecule has 0 saturated carbocycles. The number of aromatic nitrogens is 2. The van der Waals surface area contributed by atoms with E-state index >= 15 is 0 Å². The molecular weight excluding hydrogens is 344 g/mol. The number of fused-ring (bicyclic) bond motifs is 1. The van der Waals surface area contributed by atoms with Crippen molar-refractivity contribution in [2.45, 2.75) is 19.4 Å².